The van der Waals surface area contributed by atoms with Gasteiger partial charge in [-0.1, -0.05) is 32.1 Å². The van der Waals surface area contributed by atoms with Crippen molar-refractivity contribution in [3.63, 3.8) is 0 Å². The number of nitrogens with two attached hydrogens (primary N) is 2. The van der Waals surface area contributed by atoms with Gasteiger partial charge >= 0.3 is 0 Å². The van der Waals surface area contributed by atoms with Gasteiger partial charge in [0.2, 0.25) is 17.7 Å². The molecule has 0 aromatic rings. The van der Waals surface area contributed by atoms with Crippen LogP contribution in [-0.4, -0.2) is 47.9 Å². The molecule has 0 radical (unpaired) electrons. The number of carbonyl (C=O) groups is 3. The van der Waals surface area contributed by atoms with Crippen LogP contribution in [0.1, 0.15) is 71.1 Å². The first-order valence-electron chi connectivity index (χ1n) is 9.99. The largest absolute Gasteiger partial charge is 0.370 e. The number of rotatable bonds is 15. The van der Waals surface area contributed by atoms with Gasteiger partial charge in [0, 0.05) is 32.5 Å². The third kappa shape index (κ3) is 11.6. The van der Waals surface area contributed by atoms with E-state index in [1.165, 1.54) is 6.92 Å². The van der Waals surface area contributed by atoms with E-state index in [1.54, 1.807) is 0 Å². The molecular weight excluding hydrogens is 348 g/mol. The molecule has 7 N–H and O–H groups in total. The van der Waals surface area contributed by atoms with E-state index in [1.807, 2.05) is 0 Å². The van der Waals surface area contributed by atoms with Crippen molar-refractivity contribution < 1.29 is 14.4 Å². The zero-order valence-electron chi connectivity index (χ0n) is 16.5. The predicted molar refractivity (Wildman–Crippen MR) is 104 cm³/mol. The highest BCUT2D eigenvalue weighted by Gasteiger charge is 2.20. The summed E-state index contributed by atoms with van der Waals surface area (Å²) >= 11 is 0. The molecule has 1 rings (SSSR count). The molecule has 0 aromatic carbocycles. The Morgan fingerprint density at radius 3 is 2.37 bits per heavy atom. The Balaban J connectivity index is 1.96. The van der Waals surface area contributed by atoms with Crippen molar-refractivity contribution in [1.29, 1.82) is 0 Å². The van der Waals surface area contributed by atoms with Crippen LogP contribution in [-0.2, 0) is 14.4 Å². The monoisotopic (exact) mass is 384 g/mol. The third-order valence-electron chi connectivity index (χ3n) is 4.74. The minimum absolute atomic E-state index is 0.223. The summed E-state index contributed by atoms with van der Waals surface area (Å²) in [5, 5.41) is 4.77. The predicted octanol–water partition coefficient (Wildman–Crippen LogP) is 0.0561. The molecule has 2 atom stereocenters. The minimum Gasteiger partial charge on any atom is -0.370 e. The lowest BCUT2D eigenvalue weighted by Gasteiger charge is -2.14. The van der Waals surface area contributed by atoms with Gasteiger partial charge in [-0.25, -0.2) is 10.4 Å². The third-order valence-corrected chi connectivity index (χ3v) is 4.74. The second kappa shape index (κ2) is 13.5. The number of carbonyl (C=O) groups excluding carboxylic acids is 3. The van der Waals surface area contributed by atoms with Gasteiger partial charge in [0.15, 0.2) is 0 Å². The van der Waals surface area contributed by atoms with Gasteiger partial charge in [-0.05, 0) is 25.7 Å². The van der Waals surface area contributed by atoms with E-state index in [-0.39, 0.29) is 11.8 Å². The maximum absolute atomic E-state index is 11.2. The maximum Gasteiger partial charge on any atom is 0.239 e. The second-order valence-corrected chi connectivity index (χ2v) is 7.32. The number of hydrogen-bond acceptors (Lipinski definition) is 6. The van der Waals surface area contributed by atoms with Gasteiger partial charge < -0.3 is 16.8 Å². The highest BCUT2D eigenvalue weighted by Crippen LogP contribution is 2.11. The van der Waals surface area contributed by atoms with Gasteiger partial charge in [0.05, 0.1) is 0 Å². The van der Waals surface area contributed by atoms with Gasteiger partial charge in [0.1, 0.15) is 6.04 Å². The van der Waals surface area contributed by atoms with Crippen LogP contribution in [0.2, 0.25) is 0 Å². The first-order chi connectivity index (χ1) is 12.9. The lowest BCUT2D eigenvalue weighted by Crippen LogP contribution is -2.43. The minimum atomic E-state index is -0.549. The molecule has 1 heterocycles. The molecule has 3 amide bonds. The first kappa shape index (κ1) is 23.3. The quantitative estimate of drug-likeness (QED) is 0.253. The van der Waals surface area contributed by atoms with Crippen LogP contribution < -0.4 is 27.7 Å². The lowest BCUT2D eigenvalue weighted by molar-refractivity contribution is -0.126. The van der Waals surface area contributed by atoms with E-state index < -0.39 is 11.9 Å². The standard InChI is InChI=1S/C18H36N6O3/c1-14(25)21-16(18(20)27)10-6-4-2-3-5-7-12-24-13-15(22-23-24)9-8-11-17(19)26/h15-16,22-23H,2-13H2,1H3,(H2,19,26)(H2,20,27)(H,21,25). The van der Waals surface area contributed by atoms with Gasteiger partial charge in [-0.2, -0.15) is 5.53 Å². The van der Waals surface area contributed by atoms with E-state index in [9.17, 15) is 14.4 Å². The molecule has 9 nitrogen and oxygen atoms in total. The zero-order valence-corrected chi connectivity index (χ0v) is 16.5. The summed E-state index contributed by atoms with van der Waals surface area (Å²) in [7, 11) is 0. The molecule has 1 saturated heterocycles. The highest BCUT2D eigenvalue weighted by molar-refractivity contribution is 5.85. The summed E-state index contributed by atoms with van der Waals surface area (Å²) in [6.45, 7) is 3.33. The molecule has 0 spiro atoms. The fourth-order valence-electron chi connectivity index (χ4n) is 3.26. The second-order valence-electron chi connectivity index (χ2n) is 7.32. The number of unbranched alkanes of at least 4 members (excludes halogenated alkanes) is 5. The van der Waals surface area contributed by atoms with Crippen molar-refractivity contribution in [2.75, 3.05) is 13.1 Å². The molecule has 0 aromatic heterocycles. The van der Waals surface area contributed by atoms with Crippen molar-refractivity contribution in [3.05, 3.63) is 0 Å². The van der Waals surface area contributed by atoms with Gasteiger partial charge in [0.25, 0.3) is 0 Å². The summed E-state index contributed by atoms with van der Waals surface area (Å²) in [6.07, 6.45) is 9.30. The van der Waals surface area contributed by atoms with Crippen molar-refractivity contribution in [2.24, 2.45) is 11.5 Å². The molecule has 1 fully saturated rings. The Kier molecular flexibility index (Phi) is 11.6. The number of nitrogens with one attached hydrogen (secondary N) is 3. The Morgan fingerprint density at radius 1 is 1.07 bits per heavy atom. The Bertz CT molecular complexity index is 474. The molecule has 0 saturated carbocycles. The SMILES string of the molecule is CC(=O)NC(CCCCCCCCN1CC(CCCC(N)=O)NN1)C(N)=O. The van der Waals surface area contributed by atoms with Crippen molar-refractivity contribution >= 4 is 17.7 Å². The topological polar surface area (TPSA) is 143 Å². The van der Waals surface area contributed by atoms with E-state index in [0.717, 1.165) is 64.5 Å². The molecule has 156 valence electrons. The molecule has 0 aliphatic carbocycles. The average molecular weight is 385 g/mol. The molecule has 27 heavy (non-hydrogen) atoms. The number of hydrazine groups is 2. The van der Waals surface area contributed by atoms with Crippen molar-refractivity contribution in [3.8, 4) is 0 Å². The first-order valence-corrected chi connectivity index (χ1v) is 9.99. The average Bonchev–Trinajstić information content (AvgIpc) is 3.03. The van der Waals surface area contributed by atoms with E-state index in [4.69, 9.17) is 11.5 Å². The van der Waals surface area contributed by atoms with Crippen LogP contribution in [0.4, 0.5) is 0 Å². The Morgan fingerprint density at radius 2 is 1.74 bits per heavy atom. The van der Waals surface area contributed by atoms with Crippen LogP contribution in [0.15, 0.2) is 0 Å². The van der Waals surface area contributed by atoms with Crippen molar-refractivity contribution in [1.82, 2.24) is 21.3 Å². The summed E-state index contributed by atoms with van der Waals surface area (Å²) in [4.78, 5) is 33.0. The molecule has 9 heteroatoms. The fraction of sp³-hybridized carbons (Fsp3) is 0.833. The van der Waals surface area contributed by atoms with Crippen LogP contribution in [0.3, 0.4) is 0 Å². The summed E-state index contributed by atoms with van der Waals surface area (Å²) < 4.78 is 0. The molecule has 0 bridgehead atoms. The summed E-state index contributed by atoms with van der Waals surface area (Å²) in [5.41, 5.74) is 16.9. The van der Waals surface area contributed by atoms with Gasteiger partial charge in [-0.3, -0.25) is 14.4 Å². The van der Waals surface area contributed by atoms with Crippen LogP contribution in [0, 0.1) is 0 Å². The summed E-state index contributed by atoms with van der Waals surface area (Å²) in [5.74, 6) is -0.929. The Labute approximate surface area is 161 Å². The summed E-state index contributed by atoms with van der Waals surface area (Å²) in [6, 6.07) is -0.182. The maximum atomic E-state index is 11.2. The van der Waals surface area contributed by atoms with E-state index in [2.05, 4.69) is 21.3 Å². The molecule has 2 unspecified atom stereocenters. The highest BCUT2D eigenvalue weighted by atomic mass is 16.2. The number of nitrogens with zero attached hydrogens (tertiary/aromatic N) is 1. The fourth-order valence-corrected chi connectivity index (χ4v) is 3.26. The van der Waals surface area contributed by atoms with Gasteiger partial charge in [-0.15, -0.1) is 0 Å². The van der Waals surface area contributed by atoms with E-state index in [0.29, 0.717) is 18.9 Å². The molecular formula is C18H36N6O3. The lowest BCUT2D eigenvalue weighted by atomic mass is 10.0. The number of hydrogen-bond donors (Lipinski definition) is 5. The smallest absolute Gasteiger partial charge is 0.239 e. The van der Waals surface area contributed by atoms with E-state index >= 15 is 0 Å². The number of primary amides is 2. The van der Waals surface area contributed by atoms with Crippen LogP contribution in [0.25, 0.3) is 0 Å². The zero-order chi connectivity index (χ0) is 20.1. The van der Waals surface area contributed by atoms with Crippen LogP contribution in [0.5, 0.6) is 0 Å². The molecule has 1 aliphatic heterocycles. The normalized spacial score (nSPS) is 18.3. The van der Waals surface area contributed by atoms with Crippen LogP contribution >= 0.6 is 0 Å². The Hall–Kier alpha value is -1.71. The van der Waals surface area contributed by atoms with Crippen molar-refractivity contribution in [2.45, 2.75) is 83.2 Å². The molecule has 1 aliphatic rings. The number of amides is 3.